The lowest BCUT2D eigenvalue weighted by atomic mass is 10.3. The van der Waals surface area contributed by atoms with Gasteiger partial charge in [0.1, 0.15) is 0 Å². The molecule has 0 bridgehead atoms. The van der Waals surface area contributed by atoms with Crippen molar-refractivity contribution in [1.82, 2.24) is 5.32 Å². The Balaban J connectivity index is 2.35. The second kappa shape index (κ2) is 4.87. The van der Waals surface area contributed by atoms with Gasteiger partial charge in [-0.3, -0.25) is 0 Å². The summed E-state index contributed by atoms with van der Waals surface area (Å²) in [4.78, 5) is 0. The zero-order valence-electron chi connectivity index (χ0n) is 8.67. The van der Waals surface area contributed by atoms with Crippen LogP contribution in [0.2, 0.25) is 0 Å². The fourth-order valence-corrected chi connectivity index (χ4v) is 1.20. The Kier molecular flexibility index (Phi) is 4.01. The van der Waals surface area contributed by atoms with E-state index >= 15 is 0 Å². The van der Waals surface area contributed by atoms with Crippen LogP contribution in [0.1, 0.15) is 13.8 Å². The number of ether oxygens (including phenoxy) is 2. The van der Waals surface area contributed by atoms with Crippen LogP contribution < -0.4 is 5.32 Å². The Morgan fingerprint density at radius 1 is 1.60 bits per heavy atom. The van der Waals surface area contributed by atoms with Gasteiger partial charge in [-0.05, 0) is 13.8 Å². The van der Waals surface area contributed by atoms with E-state index in [4.69, 9.17) is 14.6 Å². The van der Waals surface area contributed by atoms with Crippen LogP contribution in [0, 0.1) is 0 Å². The summed E-state index contributed by atoms with van der Waals surface area (Å²) in [6.07, 6.45) is -1.65. The van der Waals surface area contributed by atoms with Crippen LogP contribution in [0.15, 0.2) is 11.8 Å². The maximum atomic E-state index is 12.8. The van der Waals surface area contributed by atoms with Gasteiger partial charge in [-0.15, -0.1) is 0 Å². The second-order valence-corrected chi connectivity index (χ2v) is 3.22. The Bertz CT molecular complexity index is 246. The Morgan fingerprint density at radius 3 is 2.73 bits per heavy atom. The molecule has 0 spiro atoms. The van der Waals surface area contributed by atoms with E-state index in [0.29, 0.717) is 12.7 Å². The summed E-state index contributed by atoms with van der Waals surface area (Å²) < 4.78 is 35.7. The molecule has 2 unspecified atom stereocenters. The van der Waals surface area contributed by atoms with Gasteiger partial charge in [-0.1, -0.05) is 0 Å². The minimum atomic E-state index is -3.23. The standard InChI is InChI=1S/C9H15F2NO3/c1-3-14-6(2)15-5-7-4-9(10,11)8(13)12-7/h4,6,8,12-13H,3,5H2,1-2H3. The molecule has 0 aromatic heterocycles. The van der Waals surface area contributed by atoms with Crippen molar-refractivity contribution in [2.75, 3.05) is 13.2 Å². The van der Waals surface area contributed by atoms with Crippen molar-refractivity contribution in [1.29, 1.82) is 0 Å². The molecule has 15 heavy (non-hydrogen) atoms. The number of nitrogens with one attached hydrogen (secondary N) is 1. The van der Waals surface area contributed by atoms with Gasteiger partial charge in [0.05, 0.1) is 6.61 Å². The number of rotatable bonds is 5. The monoisotopic (exact) mass is 223 g/mol. The zero-order chi connectivity index (χ0) is 11.5. The van der Waals surface area contributed by atoms with Crippen molar-refractivity contribution in [2.45, 2.75) is 32.3 Å². The zero-order valence-corrected chi connectivity index (χ0v) is 8.67. The van der Waals surface area contributed by atoms with Crippen molar-refractivity contribution < 1.29 is 23.4 Å². The molecule has 88 valence electrons. The van der Waals surface area contributed by atoms with Gasteiger partial charge in [0.2, 0.25) is 0 Å². The number of aliphatic hydroxyl groups is 1. The quantitative estimate of drug-likeness (QED) is 0.678. The van der Waals surface area contributed by atoms with Crippen LogP contribution in [0.5, 0.6) is 0 Å². The van der Waals surface area contributed by atoms with Gasteiger partial charge in [0.25, 0.3) is 0 Å². The highest BCUT2D eigenvalue weighted by Crippen LogP contribution is 2.26. The van der Waals surface area contributed by atoms with Gasteiger partial charge in [0.15, 0.2) is 12.5 Å². The van der Waals surface area contributed by atoms with Crippen molar-refractivity contribution in [2.24, 2.45) is 0 Å². The van der Waals surface area contributed by atoms with Crippen LogP contribution in [0.3, 0.4) is 0 Å². The smallest absolute Gasteiger partial charge is 0.311 e. The number of hydrogen-bond donors (Lipinski definition) is 2. The van der Waals surface area contributed by atoms with Crippen LogP contribution in [-0.4, -0.2) is 36.8 Å². The molecule has 0 aromatic rings. The molecule has 2 N–H and O–H groups in total. The largest absolute Gasteiger partial charge is 0.368 e. The summed E-state index contributed by atoms with van der Waals surface area (Å²) in [7, 11) is 0. The first kappa shape index (κ1) is 12.4. The third-order valence-electron chi connectivity index (χ3n) is 1.93. The summed E-state index contributed by atoms with van der Waals surface area (Å²) in [6.45, 7) is 3.94. The molecule has 2 atom stereocenters. The van der Waals surface area contributed by atoms with E-state index in [0.717, 1.165) is 0 Å². The molecule has 1 heterocycles. The first-order valence-electron chi connectivity index (χ1n) is 4.73. The third kappa shape index (κ3) is 3.40. The van der Waals surface area contributed by atoms with Gasteiger partial charge in [-0.2, -0.15) is 8.78 Å². The average Bonchev–Trinajstić information content (AvgIpc) is 2.38. The molecular formula is C9H15F2NO3. The summed E-state index contributed by atoms with van der Waals surface area (Å²) in [5.74, 6) is -3.23. The number of halogens is 2. The predicted molar refractivity (Wildman–Crippen MR) is 49.2 cm³/mol. The average molecular weight is 223 g/mol. The maximum Gasteiger partial charge on any atom is 0.311 e. The minimum absolute atomic E-state index is 0.0339. The SMILES string of the molecule is CCOC(C)OCC1=CC(F)(F)C(O)N1. The minimum Gasteiger partial charge on any atom is -0.368 e. The lowest BCUT2D eigenvalue weighted by molar-refractivity contribution is -0.121. The van der Waals surface area contributed by atoms with Gasteiger partial charge in [-0.25, -0.2) is 0 Å². The molecule has 0 fully saturated rings. The molecule has 0 radical (unpaired) electrons. The number of alkyl halides is 2. The van der Waals surface area contributed by atoms with Gasteiger partial charge >= 0.3 is 5.92 Å². The first-order chi connectivity index (χ1) is 6.95. The van der Waals surface area contributed by atoms with Crippen molar-refractivity contribution in [3.8, 4) is 0 Å². The second-order valence-electron chi connectivity index (χ2n) is 3.22. The fraction of sp³-hybridized carbons (Fsp3) is 0.778. The highest BCUT2D eigenvalue weighted by atomic mass is 19.3. The van der Waals surface area contributed by atoms with Crippen molar-refractivity contribution >= 4 is 0 Å². The highest BCUT2D eigenvalue weighted by molar-refractivity contribution is 5.16. The topological polar surface area (TPSA) is 50.7 Å². The van der Waals surface area contributed by atoms with Crippen LogP contribution in [0.25, 0.3) is 0 Å². The third-order valence-corrected chi connectivity index (χ3v) is 1.93. The first-order valence-corrected chi connectivity index (χ1v) is 4.73. The van der Waals surface area contributed by atoms with E-state index in [-0.39, 0.29) is 12.3 Å². The van der Waals surface area contributed by atoms with Crippen molar-refractivity contribution in [3.05, 3.63) is 11.8 Å². The maximum absolute atomic E-state index is 12.8. The molecule has 1 aliphatic rings. The van der Waals surface area contributed by atoms with Gasteiger partial charge in [0, 0.05) is 18.4 Å². The summed E-state index contributed by atoms with van der Waals surface area (Å²) in [5, 5.41) is 11.1. The van der Waals surface area contributed by atoms with Gasteiger partial charge < -0.3 is 19.9 Å². The van der Waals surface area contributed by atoms with E-state index in [1.807, 2.05) is 6.92 Å². The van der Waals surface area contributed by atoms with Crippen molar-refractivity contribution in [3.63, 3.8) is 0 Å². The van der Waals surface area contributed by atoms with E-state index in [1.165, 1.54) is 0 Å². The molecule has 1 rings (SSSR count). The molecule has 6 heteroatoms. The Morgan fingerprint density at radius 2 is 2.27 bits per heavy atom. The molecule has 0 saturated carbocycles. The van der Waals surface area contributed by atoms with E-state index in [9.17, 15) is 8.78 Å². The summed E-state index contributed by atoms with van der Waals surface area (Å²) in [6, 6.07) is 0. The molecule has 0 aromatic carbocycles. The summed E-state index contributed by atoms with van der Waals surface area (Å²) >= 11 is 0. The number of hydrogen-bond acceptors (Lipinski definition) is 4. The Hall–Kier alpha value is -0.720. The van der Waals surface area contributed by atoms with Crippen LogP contribution >= 0.6 is 0 Å². The van der Waals surface area contributed by atoms with Crippen LogP contribution in [0.4, 0.5) is 8.78 Å². The predicted octanol–water partition coefficient (Wildman–Crippen LogP) is 0.826. The molecule has 4 nitrogen and oxygen atoms in total. The molecule has 0 saturated heterocycles. The van der Waals surface area contributed by atoms with E-state index < -0.39 is 18.4 Å². The molecule has 1 aliphatic heterocycles. The fourth-order valence-electron chi connectivity index (χ4n) is 1.20. The highest BCUT2D eigenvalue weighted by Gasteiger charge is 2.42. The van der Waals surface area contributed by atoms with E-state index in [1.54, 1.807) is 6.92 Å². The lowest BCUT2D eigenvalue weighted by Gasteiger charge is -2.14. The molecule has 0 amide bonds. The summed E-state index contributed by atoms with van der Waals surface area (Å²) in [5.41, 5.74) is 0.166. The Labute approximate surface area is 86.9 Å². The lowest BCUT2D eigenvalue weighted by Crippen LogP contribution is -2.36. The normalized spacial score (nSPS) is 25.9. The number of aliphatic hydroxyl groups excluding tert-OH is 1. The van der Waals surface area contributed by atoms with Crippen LogP contribution in [-0.2, 0) is 9.47 Å². The van der Waals surface area contributed by atoms with E-state index in [2.05, 4.69) is 5.32 Å². The molecule has 0 aliphatic carbocycles. The molecular weight excluding hydrogens is 208 g/mol.